The van der Waals surface area contributed by atoms with Crippen LogP contribution in [0.4, 0.5) is 0 Å². The van der Waals surface area contributed by atoms with Gasteiger partial charge in [0.25, 0.3) is 0 Å². The zero-order valence-corrected chi connectivity index (χ0v) is 10.5. The maximum absolute atomic E-state index is 11.0. The number of nitrogens with one attached hydrogen (secondary N) is 1. The summed E-state index contributed by atoms with van der Waals surface area (Å²) in [5.74, 6) is -0.842. The molecule has 4 nitrogen and oxygen atoms in total. The van der Waals surface area contributed by atoms with Gasteiger partial charge in [0.05, 0.1) is 5.56 Å². The molecule has 0 saturated heterocycles. The molecule has 0 atom stereocenters. The third-order valence-electron chi connectivity index (χ3n) is 3.79. The number of aromatic carboxylic acids is 1. The molecule has 1 saturated carbocycles. The van der Waals surface area contributed by atoms with E-state index in [1.54, 1.807) is 6.07 Å². The summed E-state index contributed by atoms with van der Waals surface area (Å²) >= 11 is 0. The second-order valence-corrected chi connectivity index (χ2v) is 4.86. The van der Waals surface area contributed by atoms with Gasteiger partial charge in [0.1, 0.15) is 0 Å². The Balaban J connectivity index is 2.05. The van der Waals surface area contributed by atoms with Crippen LogP contribution in [0.25, 0.3) is 0 Å². The van der Waals surface area contributed by atoms with E-state index in [9.17, 15) is 4.79 Å². The first kappa shape index (κ1) is 12.2. The number of hydrogen-bond donors (Lipinski definition) is 2. The standard InChI is InChI=1S/C13H20N2O2/c1-9-12(13(16)17)7-11(15(9)2)8-14-10-5-3-4-6-10/h7,10,14H,3-6,8H2,1-2H3,(H,16,17). The number of aromatic nitrogens is 1. The molecule has 1 aromatic rings. The van der Waals surface area contributed by atoms with Crippen LogP contribution in [-0.2, 0) is 13.6 Å². The first-order valence-corrected chi connectivity index (χ1v) is 6.21. The normalized spacial score (nSPS) is 16.6. The van der Waals surface area contributed by atoms with Crippen molar-refractivity contribution in [3.8, 4) is 0 Å². The fourth-order valence-electron chi connectivity index (χ4n) is 2.53. The van der Waals surface area contributed by atoms with E-state index in [-0.39, 0.29) is 0 Å². The van der Waals surface area contributed by atoms with Gasteiger partial charge in [0, 0.05) is 31.0 Å². The van der Waals surface area contributed by atoms with E-state index in [2.05, 4.69) is 5.32 Å². The van der Waals surface area contributed by atoms with Crippen LogP contribution in [0.5, 0.6) is 0 Å². The molecule has 0 amide bonds. The Kier molecular flexibility index (Phi) is 3.52. The van der Waals surface area contributed by atoms with Gasteiger partial charge in [-0.1, -0.05) is 12.8 Å². The molecule has 0 aliphatic heterocycles. The highest BCUT2D eigenvalue weighted by Gasteiger charge is 2.17. The van der Waals surface area contributed by atoms with E-state index < -0.39 is 5.97 Å². The van der Waals surface area contributed by atoms with Gasteiger partial charge in [-0.15, -0.1) is 0 Å². The fourth-order valence-corrected chi connectivity index (χ4v) is 2.53. The number of carboxylic acids is 1. The smallest absolute Gasteiger partial charge is 0.337 e. The van der Waals surface area contributed by atoms with Crippen LogP contribution >= 0.6 is 0 Å². The van der Waals surface area contributed by atoms with Crippen molar-refractivity contribution in [3.05, 3.63) is 23.0 Å². The number of rotatable bonds is 4. The van der Waals surface area contributed by atoms with Gasteiger partial charge in [-0.25, -0.2) is 4.79 Å². The molecule has 1 aliphatic carbocycles. The van der Waals surface area contributed by atoms with Crippen molar-refractivity contribution in [3.63, 3.8) is 0 Å². The van der Waals surface area contributed by atoms with E-state index in [0.29, 0.717) is 11.6 Å². The monoisotopic (exact) mass is 236 g/mol. The van der Waals surface area contributed by atoms with Crippen LogP contribution in [0.2, 0.25) is 0 Å². The highest BCUT2D eigenvalue weighted by Crippen LogP contribution is 2.19. The molecule has 0 bridgehead atoms. The van der Waals surface area contributed by atoms with E-state index in [1.807, 2.05) is 18.5 Å². The van der Waals surface area contributed by atoms with E-state index in [1.165, 1.54) is 25.7 Å². The summed E-state index contributed by atoms with van der Waals surface area (Å²) in [6.07, 6.45) is 5.11. The lowest BCUT2D eigenvalue weighted by Crippen LogP contribution is -2.26. The number of carboxylic acid groups (broad SMARTS) is 1. The molecule has 0 spiro atoms. The molecule has 1 heterocycles. The third kappa shape index (κ3) is 2.52. The summed E-state index contributed by atoms with van der Waals surface area (Å²) in [5, 5.41) is 12.6. The predicted molar refractivity (Wildman–Crippen MR) is 66.2 cm³/mol. The second-order valence-electron chi connectivity index (χ2n) is 4.86. The SMILES string of the molecule is Cc1c(C(=O)O)cc(CNC2CCCC2)n1C. The van der Waals surface area contributed by atoms with Crippen molar-refractivity contribution in [1.29, 1.82) is 0 Å². The molecule has 94 valence electrons. The van der Waals surface area contributed by atoms with Crippen LogP contribution in [0.1, 0.15) is 47.4 Å². The first-order chi connectivity index (χ1) is 8.09. The molecule has 0 unspecified atom stereocenters. The van der Waals surface area contributed by atoms with Gasteiger partial charge in [-0.3, -0.25) is 0 Å². The Bertz CT molecular complexity index is 417. The van der Waals surface area contributed by atoms with Gasteiger partial charge in [-0.05, 0) is 25.8 Å². The molecule has 1 aromatic heterocycles. The molecule has 1 aliphatic rings. The molecule has 17 heavy (non-hydrogen) atoms. The Hall–Kier alpha value is -1.29. The molecule has 2 rings (SSSR count). The minimum absolute atomic E-state index is 0.413. The summed E-state index contributed by atoms with van der Waals surface area (Å²) in [6, 6.07) is 2.39. The Labute approximate surface area is 102 Å². The molecule has 0 radical (unpaired) electrons. The predicted octanol–water partition coefficient (Wildman–Crippen LogP) is 2.06. The molecule has 4 heteroatoms. The minimum atomic E-state index is -0.842. The van der Waals surface area contributed by atoms with Gasteiger partial charge in [0.15, 0.2) is 0 Å². The summed E-state index contributed by atoms with van der Waals surface area (Å²) in [6.45, 7) is 2.61. The fraction of sp³-hybridized carbons (Fsp3) is 0.615. The second kappa shape index (κ2) is 4.92. The molecular weight excluding hydrogens is 216 g/mol. The maximum Gasteiger partial charge on any atom is 0.337 e. The van der Waals surface area contributed by atoms with Crippen molar-refractivity contribution in [2.24, 2.45) is 7.05 Å². The van der Waals surface area contributed by atoms with Gasteiger partial charge in [0.2, 0.25) is 0 Å². The maximum atomic E-state index is 11.0. The molecule has 2 N–H and O–H groups in total. The topological polar surface area (TPSA) is 54.3 Å². The van der Waals surface area contributed by atoms with E-state index in [0.717, 1.165) is 17.9 Å². The average Bonchev–Trinajstić information content (AvgIpc) is 2.88. The van der Waals surface area contributed by atoms with Crippen molar-refractivity contribution >= 4 is 5.97 Å². The zero-order valence-electron chi connectivity index (χ0n) is 10.5. The van der Waals surface area contributed by atoms with E-state index >= 15 is 0 Å². The van der Waals surface area contributed by atoms with Crippen molar-refractivity contribution in [2.75, 3.05) is 0 Å². The Morgan fingerprint density at radius 1 is 1.53 bits per heavy atom. The third-order valence-corrected chi connectivity index (χ3v) is 3.79. The zero-order chi connectivity index (χ0) is 12.4. The van der Waals surface area contributed by atoms with Crippen LogP contribution in [0.15, 0.2) is 6.07 Å². The number of hydrogen-bond acceptors (Lipinski definition) is 2. The lowest BCUT2D eigenvalue weighted by atomic mass is 10.2. The van der Waals surface area contributed by atoms with Crippen LogP contribution < -0.4 is 5.32 Å². The molecule has 0 aromatic carbocycles. The highest BCUT2D eigenvalue weighted by molar-refractivity contribution is 5.89. The minimum Gasteiger partial charge on any atom is -0.478 e. The lowest BCUT2D eigenvalue weighted by molar-refractivity contribution is 0.0696. The Morgan fingerprint density at radius 3 is 2.71 bits per heavy atom. The van der Waals surface area contributed by atoms with Gasteiger partial charge in [-0.2, -0.15) is 0 Å². The van der Waals surface area contributed by atoms with Gasteiger partial charge < -0.3 is 15.0 Å². The van der Waals surface area contributed by atoms with Crippen LogP contribution in [0, 0.1) is 6.92 Å². The average molecular weight is 236 g/mol. The van der Waals surface area contributed by atoms with Crippen molar-refractivity contribution in [1.82, 2.24) is 9.88 Å². The summed E-state index contributed by atoms with van der Waals surface area (Å²) in [4.78, 5) is 11.0. The summed E-state index contributed by atoms with van der Waals surface area (Å²) < 4.78 is 1.96. The quantitative estimate of drug-likeness (QED) is 0.841. The first-order valence-electron chi connectivity index (χ1n) is 6.21. The van der Waals surface area contributed by atoms with Crippen LogP contribution in [-0.4, -0.2) is 21.7 Å². The largest absolute Gasteiger partial charge is 0.478 e. The summed E-state index contributed by atoms with van der Waals surface area (Å²) in [7, 11) is 1.92. The van der Waals surface area contributed by atoms with Crippen LogP contribution in [0.3, 0.4) is 0 Å². The lowest BCUT2D eigenvalue weighted by Gasteiger charge is -2.12. The Morgan fingerprint density at radius 2 is 2.18 bits per heavy atom. The highest BCUT2D eigenvalue weighted by atomic mass is 16.4. The molecule has 1 fully saturated rings. The van der Waals surface area contributed by atoms with Crippen molar-refractivity contribution in [2.45, 2.75) is 45.2 Å². The summed E-state index contributed by atoms with van der Waals surface area (Å²) in [5.41, 5.74) is 2.28. The number of carbonyl (C=O) groups is 1. The molecular formula is C13H20N2O2. The van der Waals surface area contributed by atoms with Gasteiger partial charge >= 0.3 is 5.97 Å². The van der Waals surface area contributed by atoms with E-state index in [4.69, 9.17) is 5.11 Å². The van der Waals surface area contributed by atoms with Crippen molar-refractivity contribution < 1.29 is 9.90 Å². The number of nitrogens with zero attached hydrogens (tertiary/aromatic N) is 1.